The van der Waals surface area contributed by atoms with E-state index in [9.17, 15) is 4.79 Å². The van der Waals surface area contributed by atoms with Crippen LogP contribution in [0.1, 0.15) is 36.7 Å². The van der Waals surface area contributed by atoms with Gasteiger partial charge in [-0.05, 0) is 51.5 Å². The predicted octanol–water partition coefficient (Wildman–Crippen LogP) is 3.47. The van der Waals surface area contributed by atoms with Gasteiger partial charge < -0.3 is 5.32 Å². The topological polar surface area (TPSA) is 46.9 Å². The Balaban J connectivity index is 2.55. The summed E-state index contributed by atoms with van der Waals surface area (Å²) in [5.74, 6) is -0.0956. The number of nitrogens with one attached hydrogen (secondary N) is 1. The van der Waals surface area contributed by atoms with E-state index in [0.717, 1.165) is 15.7 Å². The maximum Gasteiger partial charge on any atom is 0.254 e. The Kier molecular flexibility index (Phi) is 3.99. The molecule has 0 radical (unpaired) electrons. The van der Waals surface area contributed by atoms with Crippen molar-refractivity contribution in [1.29, 1.82) is 0 Å². The highest BCUT2D eigenvalue weighted by Gasteiger charge is 2.21. The van der Waals surface area contributed by atoms with E-state index in [-0.39, 0.29) is 11.4 Å². The molecule has 0 bridgehead atoms. The highest BCUT2D eigenvalue weighted by molar-refractivity contribution is 9.10. The molecule has 5 heteroatoms. The quantitative estimate of drug-likeness (QED) is 0.913. The number of carbonyl (C=O) groups is 1. The number of halogens is 1. The molecule has 2 aromatic rings. The molecule has 0 fully saturated rings. The standard InChI is InChI=1S/C15H18BrN3O/c1-10-11(16)6-7-12(19-9-5-8-17-19)13(10)14(20)18-15(2,3)4/h5-9H,1-4H3,(H,18,20). The van der Waals surface area contributed by atoms with Crippen LogP contribution in [-0.4, -0.2) is 21.2 Å². The van der Waals surface area contributed by atoms with Crippen molar-refractivity contribution in [3.05, 3.63) is 46.2 Å². The molecular weight excluding hydrogens is 318 g/mol. The van der Waals surface area contributed by atoms with Crippen molar-refractivity contribution < 1.29 is 4.79 Å². The van der Waals surface area contributed by atoms with Crippen molar-refractivity contribution in [2.45, 2.75) is 33.2 Å². The minimum absolute atomic E-state index is 0.0956. The van der Waals surface area contributed by atoms with Gasteiger partial charge >= 0.3 is 0 Å². The Morgan fingerprint density at radius 1 is 1.35 bits per heavy atom. The van der Waals surface area contributed by atoms with Crippen molar-refractivity contribution in [1.82, 2.24) is 15.1 Å². The number of nitrogens with zero attached hydrogens (tertiary/aromatic N) is 2. The molecule has 4 nitrogen and oxygen atoms in total. The fourth-order valence-electron chi connectivity index (χ4n) is 1.96. The van der Waals surface area contributed by atoms with Crippen LogP contribution in [0.5, 0.6) is 0 Å². The van der Waals surface area contributed by atoms with Crippen LogP contribution in [0.3, 0.4) is 0 Å². The van der Waals surface area contributed by atoms with Crippen molar-refractivity contribution in [2.24, 2.45) is 0 Å². The van der Waals surface area contributed by atoms with Crippen LogP contribution in [0.15, 0.2) is 35.1 Å². The number of hydrogen-bond donors (Lipinski definition) is 1. The molecule has 20 heavy (non-hydrogen) atoms. The Morgan fingerprint density at radius 2 is 2.05 bits per heavy atom. The maximum absolute atomic E-state index is 12.6. The highest BCUT2D eigenvalue weighted by Crippen LogP contribution is 2.26. The van der Waals surface area contributed by atoms with E-state index in [1.807, 2.05) is 52.1 Å². The smallest absolute Gasteiger partial charge is 0.254 e. The predicted molar refractivity (Wildman–Crippen MR) is 83.2 cm³/mol. The molecule has 0 spiro atoms. The van der Waals surface area contributed by atoms with E-state index in [1.54, 1.807) is 10.9 Å². The second-order valence-corrected chi connectivity index (χ2v) is 6.58. The van der Waals surface area contributed by atoms with E-state index in [1.165, 1.54) is 0 Å². The van der Waals surface area contributed by atoms with E-state index < -0.39 is 0 Å². The molecule has 0 unspecified atom stereocenters. The third-order valence-corrected chi connectivity index (χ3v) is 3.70. The van der Waals surface area contributed by atoms with Gasteiger partial charge in [-0.15, -0.1) is 0 Å². The summed E-state index contributed by atoms with van der Waals surface area (Å²) in [6.07, 6.45) is 3.53. The Labute approximate surface area is 127 Å². The lowest BCUT2D eigenvalue weighted by Gasteiger charge is -2.22. The molecule has 0 aliphatic heterocycles. The van der Waals surface area contributed by atoms with Crippen LogP contribution >= 0.6 is 15.9 Å². The molecule has 2 rings (SSSR count). The van der Waals surface area contributed by atoms with Crippen molar-refractivity contribution in [3.8, 4) is 5.69 Å². The Bertz CT molecular complexity index is 627. The van der Waals surface area contributed by atoms with Crippen LogP contribution < -0.4 is 5.32 Å². The zero-order valence-corrected chi connectivity index (χ0v) is 13.7. The average molecular weight is 336 g/mol. The van der Waals surface area contributed by atoms with Crippen molar-refractivity contribution in [3.63, 3.8) is 0 Å². The molecule has 0 aliphatic rings. The molecule has 0 atom stereocenters. The first-order valence-corrected chi connectivity index (χ1v) is 7.20. The monoisotopic (exact) mass is 335 g/mol. The average Bonchev–Trinajstić information content (AvgIpc) is 2.83. The normalized spacial score (nSPS) is 11.4. The van der Waals surface area contributed by atoms with E-state index >= 15 is 0 Å². The van der Waals surface area contributed by atoms with Gasteiger partial charge in [0.15, 0.2) is 0 Å². The minimum Gasteiger partial charge on any atom is -0.347 e. The molecule has 0 aliphatic carbocycles. The van der Waals surface area contributed by atoms with Crippen LogP contribution in [-0.2, 0) is 0 Å². The number of amides is 1. The highest BCUT2D eigenvalue weighted by atomic mass is 79.9. The molecular formula is C15H18BrN3O. The third-order valence-electron chi connectivity index (χ3n) is 2.84. The molecule has 1 N–H and O–H groups in total. The van der Waals surface area contributed by atoms with Crippen LogP contribution in [0.25, 0.3) is 5.69 Å². The zero-order chi connectivity index (χ0) is 14.9. The van der Waals surface area contributed by atoms with Gasteiger partial charge in [0.25, 0.3) is 5.91 Å². The van der Waals surface area contributed by atoms with Gasteiger partial charge in [-0.2, -0.15) is 5.10 Å². The van der Waals surface area contributed by atoms with Crippen LogP contribution in [0.4, 0.5) is 0 Å². The lowest BCUT2D eigenvalue weighted by Crippen LogP contribution is -2.41. The summed E-state index contributed by atoms with van der Waals surface area (Å²) in [7, 11) is 0. The molecule has 1 aromatic heterocycles. The first kappa shape index (κ1) is 14.8. The van der Waals surface area contributed by atoms with Crippen LogP contribution in [0, 0.1) is 6.92 Å². The molecule has 1 heterocycles. The third kappa shape index (κ3) is 3.10. The fourth-order valence-corrected chi connectivity index (χ4v) is 2.29. The number of carbonyl (C=O) groups excluding carboxylic acids is 1. The van der Waals surface area contributed by atoms with E-state index in [0.29, 0.717) is 5.56 Å². The SMILES string of the molecule is Cc1c(Br)ccc(-n2cccn2)c1C(=O)NC(C)(C)C. The summed E-state index contributed by atoms with van der Waals surface area (Å²) in [5, 5.41) is 7.22. The maximum atomic E-state index is 12.6. The minimum atomic E-state index is -0.284. The van der Waals surface area contributed by atoms with Gasteiger partial charge in [0.2, 0.25) is 0 Å². The summed E-state index contributed by atoms with van der Waals surface area (Å²) in [4.78, 5) is 12.6. The van der Waals surface area contributed by atoms with Gasteiger partial charge in [0.05, 0.1) is 11.3 Å². The van der Waals surface area contributed by atoms with Gasteiger partial charge in [0.1, 0.15) is 0 Å². The molecule has 0 saturated heterocycles. The second kappa shape index (κ2) is 5.40. The lowest BCUT2D eigenvalue weighted by atomic mass is 10.0. The molecule has 106 valence electrons. The Hall–Kier alpha value is -1.62. The van der Waals surface area contributed by atoms with E-state index in [2.05, 4.69) is 26.3 Å². The zero-order valence-electron chi connectivity index (χ0n) is 12.1. The summed E-state index contributed by atoms with van der Waals surface area (Å²) >= 11 is 3.48. The van der Waals surface area contributed by atoms with Crippen molar-refractivity contribution in [2.75, 3.05) is 0 Å². The first-order chi connectivity index (χ1) is 9.29. The van der Waals surface area contributed by atoms with Gasteiger partial charge in [0, 0.05) is 22.4 Å². The first-order valence-electron chi connectivity index (χ1n) is 6.41. The van der Waals surface area contributed by atoms with Crippen LogP contribution in [0.2, 0.25) is 0 Å². The van der Waals surface area contributed by atoms with Crippen molar-refractivity contribution >= 4 is 21.8 Å². The van der Waals surface area contributed by atoms with Gasteiger partial charge in [-0.3, -0.25) is 4.79 Å². The number of aromatic nitrogens is 2. The largest absolute Gasteiger partial charge is 0.347 e. The second-order valence-electron chi connectivity index (χ2n) is 5.72. The molecule has 1 aromatic carbocycles. The summed E-state index contributed by atoms with van der Waals surface area (Å²) in [5.41, 5.74) is 2.03. The number of rotatable bonds is 2. The molecule has 0 saturated carbocycles. The molecule has 1 amide bonds. The fraction of sp³-hybridized carbons (Fsp3) is 0.333. The van der Waals surface area contributed by atoms with Gasteiger partial charge in [-0.1, -0.05) is 15.9 Å². The number of hydrogen-bond acceptors (Lipinski definition) is 2. The Morgan fingerprint density at radius 3 is 2.60 bits per heavy atom. The van der Waals surface area contributed by atoms with Gasteiger partial charge in [-0.25, -0.2) is 4.68 Å². The number of benzene rings is 1. The van der Waals surface area contributed by atoms with E-state index in [4.69, 9.17) is 0 Å². The summed E-state index contributed by atoms with van der Waals surface area (Å²) in [6, 6.07) is 5.66. The summed E-state index contributed by atoms with van der Waals surface area (Å²) in [6.45, 7) is 7.82. The summed E-state index contributed by atoms with van der Waals surface area (Å²) < 4.78 is 2.62. The lowest BCUT2D eigenvalue weighted by molar-refractivity contribution is 0.0918.